The molecule has 208 valence electrons. The maximum Gasteiger partial charge on any atom is 0.229 e. The van der Waals surface area contributed by atoms with E-state index >= 15 is 0 Å². The molecule has 7 atom stereocenters. The van der Waals surface area contributed by atoms with Crippen molar-refractivity contribution in [3.63, 3.8) is 0 Å². The number of hydrogen-bond donors (Lipinski definition) is 5. The summed E-state index contributed by atoms with van der Waals surface area (Å²) in [6.45, 7) is -0.298. The first-order chi connectivity index (χ1) is 18.4. The smallest absolute Gasteiger partial charge is 0.229 e. The molecule has 2 aliphatic heterocycles. The van der Waals surface area contributed by atoms with Crippen LogP contribution in [0.2, 0.25) is 0 Å². The van der Waals surface area contributed by atoms with Crippen molar-refractivity contribution >= 4 is 6.08 Å². The quantitative estimate of drug-likeness (QED) is 0.293. The number of fused-ring (bicyclic) bond motifs is 1. The lowest BCUT2D eigenvalue weighted by atomic mass is 9.90. The van der Waals surface area contributed by atoms with Gasteiger partial charge in [-0.15, -0.1) is 0 Å². The van der Waals surface area contributed by atoms with Gasteiger partial charge in [0.1, 0.15) is 30.5 Å². The molecule has 0 aliphatic carbocycles. The molecule has 2 heterocycles. The van der Waals surface area contributed by atoms with E-state index < -0.39 is 49.3 Å². The van der Waals surface area contributed by atoms with Crippen LogP contribution in [0.15, 0.2) is 36.4 Å². The Morgan fingerprint density at radius 2 is 1.63 bits per heavy atom. The third-order valence-electron chi connectivity index (χ3n) is 6.71. The fourth-order valence-electron chi connectivity index (χ4n) is 4.69. The largest absolute Gasteiger partial charge is 0.493 e. The van der Waals surface area contributed by atoms with E-state index in [4.69, 9.17) is 28.4 Å². The highest BCUT2D eigenvalue weighted by atomic mass is 16.7. The lowest BCUT2D eigenvalue weighted by Crippen LogP contribution is -2.60. The standard InChI is InChI=1S/C27H34O11/c1-33-8-4-5-14-9-16-17(12-28)25(38-26(16)20(10-14)35-3)15-6-7-18(19(11-15)34-2)36-27-24(32)23(31)22(30)21(13-29)37-27/h4-7,9-11,17,21-25,27-32H,8,12-13H2,1-3H3/t17-,21+,22+,23-,24+,25+,27+/m0/s1. The molecule has 0 spiro atoms. The third-order valence-corrected chi connectivity index (χ3v) is 6.71. The van der Waals surface area contributed by atoms with Gasteiger partial charge in [-0.05, 0) is 35.4 Å². The average molecular weight is 535 g/mol. The van der Waals surface area contributed by atoms with Crippen LogP contribution in [0.25, 0.3) is 6.08 Å². The van der Waals surface area contributed by atoms with Gasteiger partial charge in [-0.25, -0.2) is 0 Å². The molecule has 0 unspecified atom stereocenters. The fraction of sp³-hybridized carbons (Fsp3) is 0.481. The first-order valence-electron chi connectivity index (χ1n) is 12.2. The molecule has 1 saturated heterocycles. The zero-order valence-corrected chi connectivity index (χ0v) is 21.4. The second-order valence-corrected chi connectivity index (χ2v) is 9.05. The van der Waals surface area contributed by atoms with Gasteiger partial charge in [0, 0.05) is 12.7 Å². The highest BCUT2D eigenvalue weighted by Crippen LogP contribution is 2.51. The number of ether oxygens (including phenoxy) is 6. The minimum atomic E-state index is -1.57. The van der Waals surface area contributed by atoms with Crippen molar-refractivity contribution in [1.29, 1.82) is 0 Å². The van der Waals surface area contributed by atoms with Crippen LogP contribution in [0, 0.1) is 0 Å². The van der Waals surface area contributed by atoms with Gasteiger partial charge in [0.25, 0.3) is 0 Å². The van der Waals surface area contributed by atoms with E-state index in [9.17, 15) is 25.5 Å². The van der Waals surface area contributed by atoms with Crippen LogP contribution in [-0.2, 0) is 9.47 Å². The molecule has 0 bridgehead atoms. The molecule has 0 radical (unpaired) electrons. The van der Waals surface area contributed by atoms with Gasteiger partial charge >= 0.3 is 0 Å². The number of aliphatic hydroxyl groups excluding tert-OH is 5. The van der Waals surface area contributed by atoms with Gasteiger partial charge in [-0.3, -0.25) is 0 Å². The molecule has 2 aliphatic rings. The SMILES string of the molecule is COCC=Cc1cc(OC)c2c(c1)[C@H](CO)[C@@H](c1ccc(O[C@@H]3O[C@H](CO)[C@@H](O)[C@H](O)[C@H]3O)c(OC)c1)O2. The monoisotopic (exact) mass is 534 g/mol. The van der Waals surface area contributed by atoms with Gasteiger partial charge in [-0.1, -0.05) is 18.2 Å². The first-order valence-corrected chi connectivity index (χ1v) is 12.2. The zero-order chi connectivity index (χ0) is 27.4. The number of benzene rings is 2. The molecule has 0 saturated carbocycles. The number of rotatable bonds is 10. The van der Waals surface area contributed by atoms with Crippen LogP contribution in [0.3, 0.4) is 0 Å². The van der Waals surface area contributed by atoms with Crippen molar-refractivity contribution in [1.82, 2.24) is 0 Å². The Hall–Kier alpha value is -2.90. The molecule has 5 N–H and O–H groups in total. The molecule has 2 aromatic rings. The third kappa shape index (κ3) is 5.45. The van der Waals surface area contributed by atoms with E-state index in [1.54, 1.807) is 32.4 Å². The lowest BCUT2D eigenvalue weighted by molar-refractivity contribution is -0.277. The Morgan fingerprint density at radius 3 is 2.29 bits per heavy atom. The van der Waals surface area contributed by atoms with Crippen LogP contribution in [0.4, 0.5) is 0 Å². The van der Waals surface area contributed by atoms with Gasteiger partial charge in [-0.2, -0.15) is 0 Å². The highest BCUT2D eigenvalue weighted by Gasteiger charge is 2.45. The highest BCUT2D eigenvalue weighted by molar-refractivity contribution is 5.62. The Bertz CT molecular complexity index is 1120. The first kappa shape index (κ1) is 28.1. The van der Waals surface area contributed by atoms with Gasteiger partial charge < -0.3 is 54.0 Å². The molecular weight excluding hydrogens is 500 g/mol. The summed E-state index contributed by atoms with van der Waals surface area (Å²) in [4.78, 5) is 0. The van der Waals surface area contributed by atoms with Crippen molar-refractivity contribution in [3.05, 3.63) is 53.1 Å². The van der Waals surface area contributed by atoms with Crippen molar-refractivity contribution in [3.8, 4) is 23.0 Å². The van der Waals surface area contributed by atoms with E-state index in [1.807, 2.05) is 24.3 Å². The van der Waals surface area contributed by atoms with E-state index in [2.05, 4.69) is 0 Å². The van der Waals surface area contributed by atoms with E-state index in [0.29, 0.717) is 23.7 Å². The number of hydrogen-bond acceptors (Lipinski definition) is 11. The van der Waals surface area contributed by atoms with E-state index in [0.717, 1.165) is 11.1 Å². The van der Waals surface area contributed by atoms with Crippen molar-refractivity contribution < 1.29 is 54.0 Å². The maximum absolute atomic E-state index is 10.3. The van der Waals surface area contributed by atoms with Gasteiger partial charge in [0.2, 0.25) is 6.29 Å². The topological polar surface area (TPSA) is 157 Å². The molecule has 0 amide bonds. The summed E-state index contributed by atoms with van der Waals surface area (Å²) in [5, 5.41) is 50.1. The van der Waals surface area contributed by atoms with Crippen LogP contribution < -0.4 is 18.9 Å². The zero-order valence-electron chi connectivity index (χ0n) is 21.4. The molecule has 2 aromatic carbocycles. The van der Waals surface area contributed by atoms with Crippen LogP contribution in [-0.4, -0.2) is 97.4 Å². The van der Waals surface area contributed by atoms with Crippen molar-refractivity contribution in [2.24, 2.45) is 0 Å². The van der Waals surface area contributed by atoms with E-state index in [-0.39, 0.29) is 18.1 Å². The summed E-state index contributed by atoms with van der Waals surface area (Å²) in [6.07, 6.45) is -3.89. The normalized spacial score (nSPS) is 28.7. The average Bonchev–Trinajstić information content (AvgIpc) is 3.31. The molecule has 0 aromatic heterocycles. The van der Waals surface area contributed by atoms with E-state index in [1.165, 1.54) is 7.11 Å². The predicted octanol–water partition coefficient (Wildman–Crippen LogP) is 0.752. The summed E-state index contributed by atoms with van der Waals surface area (Å²) >= 11 is 0. The molecule has 4 rings (SSSR count). The second kappa shape index (κ2) is 12.3. The van der Waals surface area contributed by atoms with Crippen molar-refractivity contribution in [2.45, 2.75) is 42.7 Å². The summed E-state index contributed by atoms with van der Waals surface area (Å²) in [7, 11) is 4.61. The number of aliphatic hydroxyl groups is 5. The summed E-state index contributed by atoms with van der Waals surface area (Å²) in [5.41, 5.74) is 2.37. The Balaban J connectivity index is 1.60. The number of methoxy groups -OCH3 is 3. The lowest BCUT2D eigenvalue weighted by Gasteiger charge is -2.39. The Labute approximate surface area is 220 Å². The van der Waals surface area contributed by atoms with Crippen LogP contribution in [0.1, 0.15) is 28.7 Å². The fourth-order valence-corrected chi connectivity index (χ4v) is 4.69. The predicted molar refractivity (Wildman–Crippen MR) is 134 cm³/mol. The minimum absolute atomic E-state index is 0.183. The molecule has 11 nitrogen and oxygen atoms in total. The summed E-state index contributed by atoms with van der Waals surface area (Å²) < 4.78 is 33.6. The summed E-state index contributed by atoms with van der Waals surface area (Å²) in [6, 6.07) is 8.79. The van der Waals surface area contributed by atoms with Crippen LogP contribution in [0.5, 0.6) is 23.0 Å². The maximum atomic E-state index is 10.3. The second-order valence-electron chi connectivity index (χ2n) is 9.05. The van der Waals surface area contributed by atoms with Gasteiger partial charge in [0.05, 0.1) is 40.0 Å². The molecular formula is C27H34O11. The van der Waals surface area contributed by atoms with Crippen molar-refractivity contribution in [2.75, 3.05) is 41.2 Å². The molecule has 11 heteroatoms. The molecule has 1 fully saturated rings. The molecule has 38 heavy (non-hydrogen) atoms. The Kier molecular flexibility index (Phi) is 9.11. The summed E-state index contributed by atoms with van der Waals surface area (Å²) in [5.74, 6) is 1.17. The Morgan fingerprint density at radius 1 is 0.868 bits per heavy atom. The van der Waals surface area contributed by atoms with Crippen LogP contribution >= 0.6 is 0 Å². The minimum Gasteiger partial charge on any atom is -0.493 e. The van der Waals surface area contributed by atoms with Gasteiger partial charge in [0.15, 0.2) is 23.0 Å².